The molecule has 0 fully saturated rings. The smallest absolute Gasteiger partial charge is 0.319 e. The zero-order chi connectivity index (χ0) is 10.1. The van der Waals surface area contributed by atoms with Crippen molar-refractivity contribution in [2.75, 3.05) is 5.73 Å². The average molecular weight is 197 g/mol. The molecule has 0 saturated heterocycles. The Bertz CT molecular complexity index is 469. The minimum Gasteiger partial charge on any atom is -0.351 e. The van der Waals surface area contributed by atoms with E-state index in [0.717, 1.165) is 12.1 Å². The van der Waals surface area contributed by atoms with Crippen LogP contribution in [0.25, 0.3) is 11.4 Å². The summed E-state index contributed by atoms with van der Waals surface area (Å²) in [6.45, 7) is 0. The maximum atomic E-state index is 13.1. The van der Waals surface area contributed by atoms with Gasteiger partial charge in [-0.1, -0.05) is 5.16 Å². The van der Waals surface area contributed by atoms with Gasteiger partial charge in [-0.3, -0.25) is 0 Å². The van der Waals surface area contributed by atoms with Crippen LogP contribution in [0.15, 0.2) is 22.7 Å². The van der Waals surface area contributed by atoms with Crippen LogP contribution >= 0.6 is 0 Å². The zero-order valence-electron chi connectivity index (χ0n) is 6.87. The Kier molecular flexibility index (Phi) is 1.88. The molecule has 0 saturated carbocycles. The summed E-state index contributed by atoms with van der Waals surface area (Å²) in [4.78, 5) is 3.61. The maximum absolute atomic E-state index is 13.1. The first-order valence-electron chi connectivity index (χ1n) is 3.71. The van der Waals surface area contributed by atoms with Crippen LogP contribution in [0, 0.1) is 11.6 Å². The standard InChI is InChI=1S/C8H5F2N3O/c9-4-1-2-5(6(10)3-4)7-12-8(11)14-13-7/h1-3H,(H2,11,12,13). The van der Waals surface area contributed by atoms with E-state index in [9.17, 15) is 8.78 Å². The number of anilines is 1. The lowest BCUT2D eigenvalue weighted by Crippen LogP contribution is -1.89. The minimum absolute atomic E-state index is 0.000000000000000222. The lowest BCUT2D eigenvalue weighted by atomic mass is 10.2. The van der Waals surface area contributed by atoms with Crippen molar-refractivity contribution in [1.82, 2.24) is 10.1 Å². The van der Waals surface area contributed by atoms with Crippen molar-refractivity contribution in [3.05, 3.63) is 29.8 Å². The Labute approximate surface area is 77.3 Å². The van der Waals surface area contributed by atoms with Crippen molar-refractivity contribution in [1.29, 1.82) is 0 Å². The van der Waals surface area contributed by atoms with Gasteiger partial charge in [0.05, 0.1) is 5.56 Å². The maximum Gasteiger partial charge on any atom is 0.319 e. The van der Waals surface area contributed by atoms with Crippen LogP contribution in [-0.2, 0) is 0 Å². The molecule has 1 aromatic carbocycles. The van der Waals surface area contributed by atoms with Gasteiger partial charge in [-0.05, 0) is 12.1 Å². The number of nitrogens with two attached hydrogens (primary N) is 1. The molecule has 0 aliphatic heterocycles. The van der Waals surface area contributed by atoms with Gasteiger partial charge in [0.15, 0.2) is 0 Å². The Morgan fingerprint density at radius 1 is 1.29 bits per heavy atom. The molecule has 0 spiro atoms. The molecule has 0 unspecified atom stereocenters. The van der Waals surface area contributed by atoms with Crippen LogP contribution in [0.1, 0.15) is 0 Å². The Morgan fingerprint density at radius 2 is 2.07 bits per heavy atom. The predicted octanol–water partition coefficient (Wildman–Crippen LogP) is 1.60. The molecule has 0 radical (unpaired) electrons. The number of rotatable bonds is 1. The summed E-state index contributed by atoms with van der Waals surface area (Å²) in [6, 6.07) is 2.89. The van der Waals surface area contributed by atoms with Crippen LogP contribution in [-0.4, -0.2) is 10.1 Å². The molecule has 0 aliphatic carbocycles. The fourth-order valence-electron chi connectivity index (χ4n) is 1.02. The minimum atomic E-state index is -0.759. The monoisotopic (exact) mass is 197 g/mol. The summed E-state index contributed by atoms with van der Waals surface area (Å²) in [5, 5.41) is 3.40. The van der Waals surface area contributed by atoms with Gasteiger partial charge in [0.1, 0.15) is 11.6 Å². The highest BCUT2D eigenvalue weighted by Gasteiger charge is 2.11. The topological polar surface area (TPSA) is 64.9 Å². The van der Waals surface area contributed by atoms with Crippen LogP contribution in [0.2, 0.25) is 0 Å². The lowest BCUT2D eigenvalue weighted by Gasteiger charge is -1.95. The first-order valence-corrected chi connectivity index (χ1v) is 3.71. The first-order chi connectivity index (χ1) is 6.66. The average Bonchev–Trinajstić information content (AvgIpc) is 2.51. The highest BCUT2D eigenvalue weighted by molar-refractivity contribution is 5.55. The molecule has 0 atom stereocenters. The van der Waals surface area contributed by atoms with Gasteiger partial charge in [0.25, 0.3) is 0 Å². The first kappa shape index (κ1) is 8.61. The van der Waals surface area contributed by atoms with Gasteiger partial charge >= 0.3 is 6.01 Å². The summed E-state index contributed by atoms with van der Waals surface area (Å²) in [5.74, 6) is -1.42. The number of hydrogen-bond donors (Lipinski definition) is 1. The Morgan fingerprint density at radius 3 is 2.64 bits per heavy atom. The van der Waals surface area contributed by atoms with E-state index in [1.54, 1.807) is 0 Å². The van der Waals surface area contributed by atoms with E-state index in [0.29, 0.717) is 0 Å². The van der Waals surface area contributed by atoms with Crippen LogP contribution in [0.3, 0.4) is 0 Å². The number of halogens is 2. The molecule has 72 valence electrons. The molecule has 14 heavy (non-hydrogen) atoms. The summed E-state index contributed by atoms with van der Waals surface area (Å²) < 4.78 is 30.1. The molecule has 0 bridgehead atoms. The van der Waals surface area contributed by atoms with Crippen molar-refractivity contribution >= 4 is 6.01 Å². The van der Waals surface area contributed by atoms with E-state index >= 15 is 0 Å². The van der Waals surface area contributed by atoms with E-state index < -0.39 is 11.6 Å². The fraction of sp³-hybridized carbons (Fsp3) is 0. The summed E-state index contributed by atoms with van der Waals surface area (Å²) in [7, 11) is 0. The van der Waals surface area contributed by atoms with Gasteiger partial charge in [-0.2, -0.15) is 4.98 Å². The van der Waals surface area contributed by atoms with Gasteiger partial charge in [0, 0.05) is 6.07 Å². The van der Waals surface area contributed by atoms with Gasteiger partial charge in [0.2, 0.25) is 5.82 Å². The molecule has 0 amide bonds. The SMILES string of the molecule is Nc1nc(-c2ccc(F)cc2F)no1. The number of nitrogens with zero attached hydrogens (tertiary/aromatic N) is 2. The van der Waals surface area contributed by atoms with Crippen molar-refractivity contribution in [2.45, 2.75) is 0 Å². The molecular formula is C8H5F2N3O. The second-order valence-electron chi connectivity index (χ2n) is 2.58. The molecule has 2 rings (SSSR count). The fourth-order valence-corrected chi connectivity index (χ4v) is 1.02. The third kappa shape index (κ3) is 1.41. The lowest BCUT2D eigenvalue weighted by molar-refractivity contribution is 0.436. The van der Waals surface area contributed by atoms with Gasteiger partial charge < -0.3 is 10.3 Å². The quantitative estimate of drug-likeness (QED) is 0.753. The van der Waals surface area contributed by atoms with Crippen molar-refractivity contribution in [2.24, 2.45) is 0 Å². The van der Waals surface area contributed by atoms with Crippen LogP contribution in [0.5, 0.6) is 0 Å². The van der Waals surface area contributed by atoms with Crippen molar-refractivity contribution < 1.29 is 13.3 Å². The highest BCUT2D eigenvalue weighted by Crippen LogP contribution is 2.20. The Hall–Kier alpha value is -1.98. The normalized spacial score (nSPS) is 10.4. The second-order valence-corrected chi connectivity index (χ2v) is 2.58. The molecule has 6 heteroatoms. The third-order valence-electron chi connectivity index (χ3n) is 1.61. The van der Waals surface area contributed by atoms with Gasteiger partial charge in [-0.15, -0.1) is 0 Å². The molecule has 4 nitrogen and oxygen atoms in total. The zero-order valence-corrected chi connectivity index (χ0v) is 6.87. The molecule has 1 aromatic heterocycles. The predicted molar refractivity (Wildman–Crippen MR) is 44.1 cm³/mol. The van der Waals surface area contributed by atoms with E-state index in [1.165, 1.54) is 6.07 Å². The molecule has 2 N–H and O–H groups in total. The van der Waals surface area contributed by atoms with E-state index in [-0.39, 0.29) is 17.4 Å². The molecule has 2 aromatic rings. The summed E-state index contributed by atoms with van der Waals surface area (Å²) in [5.41, 5.74) is 5.21. The summed E-state index contributed by atoms with van der Waals surface area (Å²) in [6.07, 6.45) is 0. The van der Waals surface area contributed by atoms with Crippen molar-refractivity contribution in [3.8, 4) is 11.4 Å². The van der Waals surface area contributed by atoms with Crippen molar-refractivity contribution in [3.63, 3.8) is 0 Å². The van der Waals surface area contributed by atoms with E-state index in [1.807, 2.05) is 0 Å². The third-order valence-corrected chi connectivity index (χ3v) is 1.61. The largest absolute Gasteiger partial charge is 0.351 e. The Balaban J connectivity index is 2.52. The van der Waals surface area contributed by atoms with E-state index in [2.05, 4.69) is 14.7 Å². The molecular weight excluding hydrogens is 192 g/mol. The van der Waals surface area contributed by atoms with Gasteiger partial charge in [-0.25, -0.2) is 8.78 Å². The van der Waals surface area contributed by atoms with Crippen LogP contribution in [0.4, 0.5) is 14.8 Å². The number of nitrogen functional groups attached to an aromatic ring is 1. The molecule has 0 aliphatic rings. The number of benzene rings is 1. The van der Waals surface area contributed by atoms with Crippen LogP contribution < -0.4 is 5.73 Å². The number of aromatic nitrogens is 2. The summed E-state index contributed by atoms with van der Waals surface area (Å²) >= 11 is 0. The number of hydrogen-bond acceptors (Lipinski definition) is 4. The highest BCUT2D eigenvalue weighted by atomic mass is 19.1. The van der Waals surface area contributed by atoms with E-state index in [4.69, 9.17) is 5.73 Å². The second kappa shape index (κ2) is 3.06. The molecule has 1 heterocycles.